The summed E-state index contributed by atoms with van der Waals surface area (Å²) >= 11 is 4.02. The molecule has 1 saturated heterocycles. The number of hydrogen-bond donors (Lipinski definition) is 1. The highest BCUT2D eigenvalue weighted by molar-refractivity contribution is 9.10. The first-order valence-electron chi connectivity index (χ1n) is 9.43. The summed E-state index contributed by atoms with van der Waals surface area (Å²) in [6.45, 7) is 0. The number of hydrogen-bond acceptors (Lipinski definition) is 6. The first-order valence-corrected chi connectivity index (χ1v) is 11.0. The van der Waals surface area contributed by atoms with Gasteiger partial charge in [0, 0.05) is 16.0 Å². The molecule has 31 heavy (non-hydrogen) atoms. The quantitative estimate of drug-likeness (QED) is 0.552. The van der Waals surface area contributed by atoms with Gasteiger partial charge in [0.25, 0.3) is 11.1 Å². The van der Waals surface area contributed by atoms with E-state index >= 15 is 0 Å². The number of rotatable bonds is 6. The fraction of sp³-hybridized carbons (Fsp3) is 0.227. The number of phenolic OH excluding ortho intramolecular Hbond substituents is 1. The largest absolute Gasteiger partial charge is 0.504 e. The van der Waals surface area contributed by atoms with Crippen LogP contribution in [0.1, 0.15) is 30.0 Å². The van der Waals surface area contributed by atoms with Crippen LogP contribution >= 0.6 is 27.7 Å². The van der Waals surface area contributed by atoms with Crippen molar-refractivity contribution < 1.29 is 28.6 Å². The zero-order valence-corrected chi connectivity index (χ0v) is 18.7. The van der Waals surface area contributed by atoms with E-state index in [1.165, 1.54) is 43.5 Å². The SMILES string of the molecule is COc1cc(Br)c(/C=C2\SC(=O)N(C(C(=O)C3CC3)c3ccccc3F)C2=O)cc1O. The van der Waals surface area contributed by atoms with Crippen LogP contribution in [0.3, 0.4) is 0 Å². The third-order valence-corrected chi connectivity index (χ3v) is 6.69. The van der Waals surface area contributed by atoms with Crippen LogP contribution in [0.5, 0.6) is 11.5 Å². The van der Waals surface area contributed by atoms with Crippen molar-refractivity contribution in [1.29, 1.82) is 0 Å². The molecule has 1 unspecified atom stereocenters. The lowest BCUT2D eigenvalue weighted by molar-refractivity contribution is -0.133. The van der Waals surface area contributed by atoms with E-state index in [4.69, 9.17) is 4.74 Å². The van der Waals surface area contributed by atoms with Gasteiger partial charge in [-0.05, 0) is 54.4 Å². The molecule has 1 aliphatic heterocycles. The van der Waals surface area contributed by atoms with Crippen LogP contribution in [-0.4, -0.2) is 34.0 Å². The lowest BCUT2D eigenvalue weighted by Crippen LogP contribution is -2.38. The number of Topliss-reactive ketones (excluding diaryl/α,β-unsaturated/α-hetero) is 1. The van der Waals surface area contributed by atoms with Crippen LogP contribution in [0.25, 0.3) is 6.08 Å². The van der Waals surface area contributed by atoms with Gasteiger partial charge in [-0.25, -0.2) is 4.39 Å². The monoisotopic (exact) mass is 505 g/mol. The molecule has 4 rings (SSSR count). The Morgan fingerprint density at radius 3 is 2.68 bits per heavy atom. The molecule has 2 aromatic carbocycles. The van der Waals surface area contributed by atoms with E-state index in [0.29, 0.717) is 34.6 Å². The van der Waals surface area contributed by atoms with Crippen LogP contribution in [0.2, 0.25) is 0 Å². The summed E-state index contributed by atoms with van der Waals surface area (Å²) in [6.07, 6.45) is 2.76. The Labute approximate surface area is 190 Å². The molecular weight excluding hydrogens is 489 g/mol. The normalized spacial score (nSPS) is 18.5. The van der Waals surface area contributed by atoms with E-state index in [0.717, 1.165) is 4.90 Å². The standard InChI is InChI=1S/C22H17BrFNO5S/c1-30-17-10-14(23)12(8-16(17)26)9-18-21(28)25(22(29)31-18)19(20(27)11-6-7-11)13-4-2-3-5-15(13)24/h2-5,8-11,19,26H,6-7H2,1H3/b18-9-. The smallest absolute Gasteiger partial charge is 0.294 e. The van der Waals surface area contributed by atoms with Crippen molar-refractivity contribution in [2.45, 2.75) is 18.9 Å². The van der Waals surface area contributed by atoms with Gasteiger partial charge in [0.1, 0.15) is 11.9 Å². The number of methoxy groups -OCH3 is 1. The third kappa shape index (κ3) is 4.12. The second-order valence-electron chi connectivity index (χ2n) is 7.20. The maximum Gasteiger partial charge on any atom is 0.294 e. The van der Waals surface area contributed by atoms with Crippen LogP contribution in [0.4, 0.5) is 9.18 Å². The van der Waals surface area contributed by atoms with Gasteiger partial charge in [0.2, 0.25) is 0 Å². The summed E-state index contributed by atoms with van der Waals surface area (Å²) in [4.78, 5) is 39.8. The highest BCUT2D eigenvalue weighted by Gasteiger charge is 2.47. The topological polar surface area (TPSA) is 83.9 Å². The fourth-order valence-electron chi connectivity index (χ4n) is 3.39. The molecule has 0 spiro atoms. The Morgan fingerprint density at radius 2 is 2.03 bits per heavy atom. The summed E-state index contributed by atoms with van der Waals surface area (Å²) in [7, 11) is 1.41. The molecule has 9 heteroatoms. The number of thioether (sulfide) groups is 1. The predicted molar refractivity (Wildman–Crippen MR) is 117 cm³/mol. The Morgan fingerprint density at radius 1 is 1.32 bits per heavy atom. The molecule has 0 bridgehead atoms. The lowest BCUT2D eigenvalue weighted by atomic mass is 9.97. The lowest BCUT2D eigenvalue weighted by Gasteiger charge is -2.25. The molecule has 2 fully saturated rings. The minimum Gasteiger partial charge on any atom is -0.504 e. The number of ketones is 1. The van der Waals surface area contributed by atoms with Crippen LogP contribution in [0, 0.1) is 11.7 Å². The predicted octanol–water partition coefficient (Wildman–Crippen LogP) is 5.06. The summed E-state index contributed by atoms with van der Waals surface area (Å²) in [5.41, 5.74) is 0.450. The van der Waals surface area contributed by atoms with Gasteiger partial charge in [0.15, 0.2) is 17.3 Å². The van der Waals surface area contributed by atoms with Crippen molar-refractivity contribution in [3.8, 4) is 11.5 Å². The van der Waals surface area contributed by atoms with E-state index in [1.54, 1.807) is 6.07 Å². The van der Waals surface area contributed by atoms with Crippen molar-refractivity contribution in [3.63, 3.8) is 0 Å². The van der Waals surface area contributed by atoms with Crippen molar-refractivity contribution in [2.75, 3.05) is 7.11 Å². The molecule has 2 aromatic rings. The number of imide groups is 1. The molecule has 2 amide bonds. The second kappa shape index (κ2) is 8.47. The number of carbonyl (C=O) groups is 3. The van der Waals surface area contributed by atoms with Gasteiger partial charge < -0.3 is 9.84 Å². The Bertz CT molecular complexity index is 1130. The van der Waals surface area contributed by atoms with Crippen molar-refractivity contribution in [3.05, 3.63) is 62.7 Å². The molecule has 0 radical (unpaired) electrons. The van der Waals surface area contributed by atoms with Crippen LogP contribution in [-0.2, 0) is 9.59 Å². The molecule has 1 aliphatic carbocycles. The van der Waals surface area contributed by atoms with Crippen LogP contribution in [0.15, 0.2) is 45.8 Å². The van der Waals surface area contributed by atoms with Crippen molar-refractivity contribution >= 4 is 50.7 Å². The Kier molecular flexibility index (Phi) is 5.90. The molecule has 160 valence electrons. The zero-order valence-electron chi connectivity index (χ0n) is 16.3. The number of nitrogens with zero attached hydrogens (tertiary/aromatic N) is 1. The molecule has 6 nitrogen and oxygen atoms in total. The summed E-state index contributed by atoms with van der Waals surface area (Å²) < 4.78 is 20.1. The summed E-state index contributed by atoms with van der Waals surface area (Å²) in [5.74, 6) is -1.84. The van der Waals surface area contributed by atoms with E-state index in [1.807, 2.05) is 0 Å². The minimum atomic E-state index is -1.31. The number of halogens is 2. The number of benzene rings is 2. The summed E-state index contributed by atoms with van der Waals surface area (Å²) in [5, 5.41) is 9.39. The molecule has 1 heterocycles. The van der Waals surface area contributed by atoms with Crippen molar-refractivity contribution in [1.82, 2.24) is 4.90 Å². The van der Waals surface area contributed by atoms with Gasteiger partial charge >= 0.3 is 0 Å². The van der Waals surface area contributed by atoms with Gasteiger partial charge in [-0.3, -0.25) is 19.3 Å². The highest BCUT2D eigenvalue weighted by atomic mass is 79.9. The maximum absolute atomic E-state index is 14.5. The Balaban J connectivity index is 1.73. The first-order chi connectivity index (χ1) is 14.8. The zero-order chi connectivity index (χ0) is 22.3. The van der Waals surface area contributed by atoms with Gasteiger partial charge in [-0.1, -0.05) is 34.1 Å². The first kappa shape index (κ1) is 21.6. The Hall–Kier alpha value is -2.65. The van der Waals surface area contributed by atoms with E-state index in [2.05, 4.69) is 15.9 Å². The van der Waals surface area contributed by atoms with Gasteiger partial charge in [-0.15, -0.1) is 0 Å². The van der Waals surface area contributed by atoms with Gasteiger partial charge in [0.05, 0.1) is 12.0 Å². The minimum absolute atomic E-state index is 0.00576. The van der Waals surface area contributed by atoms with E-state index in [9.17, 15) is 23.9 Å². The molecule has 1 N–H and O–H groups in total. The molecule has 2 aliphatic rings. The van der Waals surface area contributed by atoms with Crippen LogP contribution < -0.4 is 4.74 Å². The number of ether oxygens (including phenoxy) is 1. The molecular formula is C22H17BrFNO5S. The number of carbonyl (C=O) groups excluding carboxylic acids is 3. The fourth-order valence-corrected chi connectivity index (χ4v) is 4.67. The van der Waals surface area contributed by atoms with E-state index < -0.39 is 23.0 Å². The summed E-state index contributed by atoms with van der Waals surface area (Å²) in [6, 6.07) is 7.29. The third-order valence-electron chi connectivity index (χ3n) is 5.12. The van der Waals surface area contributed by atoms with E-state index in [-0.39, 0.29) is 33.7 Å². The highest BCUT2D eigenvalue weighted by Crippen LogP contribution is 2.44. The molecule has 1 saturated carbocycles. The number of amides is 2. The number of phenols is 1. The second-order valence-corrected chi connectivity index (χ2v) is 9.05. The molecule has 0 aromatic heterocycles. The van der Waals surface area contributed by atoms with Gasteiger partial charge in [-0.2, -0.15) is 0 Å². The maximum atomic E-state index is 14.5. The number of aromatic hydroxyl groups is 1. The molecule has 1 atom stereocenters. The average Bonchev–Trinajstić information content (AvgIpc) is 3.55. The van der Waals surface area contributed by atoms with Crippen molar-refractivity contribution in [2.24, 2.45) is 5.92 Å². The average molecular weight is 506 g/mol.